The van der Waals surface area contributed by atoms with Crippen LogP contribution >= 0.6 is 0 Å². The van der Waals surface area contributed by atoms with Crippen LogP contribution in [0.15, 0.2) is 4.99 Å². The summed E-state index contributed by atoms with van der Waals surface area (Å²) in [5.74, 6) is 0.695. The van der Waals surface area contributed by atoms with Crippen LogP contribution in [0.5, 0.6) is 0 Å². The molecule has 0 aromatic carbocycles. The molecule has 1 rings (SSSR count). The second-order valence-corrected chi connectivity index (χ2v) is 5.83. The van der Waals surface area contributed by atoms with Crippen LogP contribution in [-0.2, 0) is 0 Å². The van der Waals surface area contributed by atoms with Gasteiger partial charge in [0, 0.05) is 39.1 Å². The van der Waals surface area contributed by atoms with Gasteiger partial charge in [-0.25, -0.2) is 0 Å². The summed E-state index contributed by atoms with van der Waals surface area (Å²) in [5.41, 5.74) is 0. The Labute approximate surface area is 131 Å². The molecular weight excluding hydrogens is 293 g/mol. The largest absolute Gasteiger partial charge is 0.389 e. The van der Waals surface area contributed by atoms with Gasteiger partial charge in [0.1, 0.15) is 0 Å². The maximum absolute atomic E-state index is 12.0. The third kappa shape index (κ3) is 8.46. The number of alkyl halides is 3. The van der Waals surface area contributed by atoms with Gasteiger partial charge in [0.2, 0.25) is 0 Å². The smallest absolute Gasteiger partial charge is 0.356 e. The van der Waals surface area contributed by atoms with Crippen molar-refractivity contribution in [1.29, 1.82) is 0 Å². The fraction of sp³-hybridized carbons (Fsp3) is 0.933. The number of rotatable bonds is 7. The zero-order valence-corrected chi connectivity index (χ0v) is 13.7. The number of unbranched alkanes of at least 4 members (excludes halogenated alkanes) is 1. The highest BCUT2D eigenvalue weighted by atomic mass is 19.4. The minimum atomic E-state index is -4.05. The molecular formula is C15H29F3N4. The molecule has 0 amide bonds. The first-order chi connectivity index (χ1) is 10.4. The summed E-state index contributed by atoms with van der Waals surface area (Å²) >= 11 is 0. The highest BCUT2D eigenvalue weighted by molar-refractivity contribution is 5.79. The molecule has 0 saturated carbocycles. The summed E-state index contributed by atoms with van der Waals surface area (Å²) in [5, 5.41) is 6.46. The monoisotopic (exact) mass is 322 g/mol. The van der Waals surface area contributed by atoms with Crippen LogP contribution in [0.4, 0.5) is 13.2 Å². The molecule has 0 atom stereocenters. The lowest BCUT2D eigenvalue weighted by atomic mass is 10.1. The molecule has 0 aromatic heterocycles. The van der Waals surface area contributed by atoms with E-state index < -0.39 is 12.6 Å². The average molecular weight is 322 g/mol. The second kappa shape index (κ2) is 9.92. The third-order valence-corrected chi connectivity index (χ3v) is 3.87. The standard InChI is InChI=1S/C15H29F3N4/c1-3-10-22-11-6-13(7-12-22)21-14(19-2)20-9-5-4-8-15(16,17)18/h13H,3-12H2,1-2H3,(H2,19,20,21). The fourth-order valence-electron chi connectivity index (χ4n) is 2.66. The Morgan fingerprint density at radius 1 is 1.23 bits per heavy atom. The maximum Gasteiger partial charge on any atom is 0.389 e. The van der Waals surface area contributed by atoms with E-state index in [0.717, 1.165) is 32.5 Å². The summed E-state index contributed by atoms with van der Waals surface area (Å²) in [7, 11) is 1.69. The lowest BCUT2D eigenvalue weighted by Crippen LogP contribution is -2.48. The molecule has 4 nitrogen and oxygen atoms in total. The minimum absolute atomic E-state index is 0.156. The van der Waals surface area contributed by atoms with Gasteiger partial charge in [0.25, 0.3) is 0 Å². The first-order valence-electron chi connectivity index (χ1n) is 8.21. The van der Waals surface area contributed by atoms with Gasteiger partial charge in [-0.1, -0.05) is 6.92 Å². The Morgan fingerprint density at radius 2 is 1.91 bits per heavy atom. The summed E-state index contributed by atoms with van der Waals surface area (Å²) in [4.78, 5) is 6.61. The van der Waals surface area contributed by atoms with Crippen LogP contribution in [0.2, 0.25) is 0 Å². The van der Waals surface area contributed by atoms with E-state index >= 15 is 0 Å². The number of halogens is 3. The van der Waals surface area contributed by atoms with E-state index in [4.69, 9.17) is 0 Å². The van der Waals surface area contributed by atoms with Crippen molar-refractivity contribution in [2.45, 2.75) is 57.7 Å². The predicted molar refractivity (Wildman–Crippen MR) is 84.2 cm³/mol. The molecule has 22 heavy (non-hydrogen) atoms. The fourth-order valence-corrected chi connectivity index (χ4v) is 2.66. The first-order valence-corrected chi connectivity index (χ1v) is 8.21. The van der Waals surface area contributed by atoms with Crippen molar-refractivity contribution in [1.82, 2.24) is 15.5 Å². The SMILES string of the molecule is CCCN1CCC(NC(=NC)NCCCCC(F)(F)F)CC1. The minimum Gasteiger partial charge on any atom is -0.356 e. The Kier molecular flexibility index (Phi) is 8.60. The van der Waals surface area contributed by atoms with Crippen molar-refractivity contribution in [2.24, 2.45) is 4.99 Å². The number of nitrogens with one attached hydrogen (secondary N) is 2. The Hall–Kier alpha value is -0.980. The van der Waals surface area contributed by atoms with Gasteiger partial charge in [-0.3, -0.25) is 4.99 Å². The van der Waals surface area contributed by atoms with E-state index in [2.05, 4.69) is 27.4 Å². The third-order valence-electron chi connectivity index (χ3n) is 3.87. The van der Waals surface area contributed by atoms with Crippen molar-refractivity contribution in [2.75, 3.05) is 33.2 Å². The first kappa shape index (κ1) is 19.1. The Balaban J connectivity index is 2.15. The second-order valence-electron chi connectivity index (χ2n) is 5.83. The molecule has 7 heteroatoms. The highest BCUT2D eigenvalue weighted by Crippen LogP contribution is 2.21. The molecule has 1 fully saturated rings. The van der Waals surface area contributed by atoms with Crippen molar-refractivity contribution < 1.29 is 13.2 Å². The van der Waals surface area contributed by atoms with Gasteiger partial charge in [0.05, 0.1) is 0 Å². The number of nitrogens with zero attached hydrogens (tertiary/aromatic N) is 2. The molecule has 130 valence electrons. The molecule has 1 saturated heterocycles. The summed E-state index contributed by atoms with van der Waals surface area (Å²) in [6.45, 7) is 6.04. The number of hydrogen-bond donors (Lipinski definition) is 2. The number of piperidine rings is 1. The van der Waals surface area contributed by atoms with Gasteiger partial charge in [-0.2, -0.15) is 13.2 Å². The van der Waals surface area contributed by atoms with E-state index in [-0.39, 0.29) is 6.42 Å². The number of aliphatic imine (C=N–C) groups is 1. The zero-order chi connectivity index (χ0) is 16.4. The van der Waals surface area contributed by atoms with Crippen LogP contribution in [0.3, 0.4) is 0 Å². The molecule has 1 aliphatic heterocycles. The molecule has 0 bridgehead atoms. The van der Waals surface area contributed by atoms with Crippen LogP contribution in [0.25, 0.3) is 0 Å². The highest BCUT2D eigenvalue weighted by Gasteiger charge is 2.25. The van der Waals surface area contributed by atoms with Gasteiger partial charge in [-0.15, -0.1) is 0 Å². The van der Waals surface area contributed by atoms with Gasteiger partial charge >= 0.3 is 6.18 Å². The number of likely N-dealkylation sites (tertiary alicyclic amines) is 1. The van der Waals surface area contributed by atoms with E-state index in [1.165, 1.54) is 6.42 Å². The van der Waals surface area contributed by atoms with Gasteiger partial charge in [-0.05, 0) is 38.6 Å². The van der Waals surface area contributed by atoms with Gasteiger partial charge < -0.3 is 15.5 Å². The quantitative estimate of drug-likeness (QED) is 0.430. The lowest BCUT2D eigenvalue weighted by molar-refractivity contribution is -0.135. The number of hydrogen-bond acceptors (Lipinski definition) is 2. The van der Waals surface area contributed by atoms with E-state index in [0.29, 0.717) is 25.0 Å². The molecule has 1 aliphatic rings. The number of guanidine groups is 1. The maximum atomic E-state index is 12.0. The van der Waals surface area contributed by atoms with Gasteiger partial charge in [0.15, 0.2) is 5.96 Å². The van der Waals surface area contributed by atoms with E-state index in [1.807, 2.05) is 0 Å². The summed E-state index contributed by atoms with van der Waals surface area (Å²) in [6.07, 6.45) is -0.774. The molecule has 0 spiro atoms. The van der Waals surface area contributed by atoms with Crippen LogP contribution in [0.1, 0.15) is 45.4 Å². The summed E-state index contributed by atoms with van der Waals surface area (Å²) < 4.78 is 36.1. The average Bonchev–Trinajstić information content (AvgIpc) is 2.46. The van der Waals surface area contributed by atoms with E-state index in [1.54, 1.807) is 7.05 Å². The predicted octanol–water partition coefficient (Wildman–Crippen LogP) is 2.76. The van der Waals surface area contributed by atoms with Crippen molar-refractivity contribution in [3.8, 4) is 0 Å². The molecule has 2 N–H and O–H groups in total. The lowest BCUT2D eigenvalue weighted by Gasteiger charge is -2.32. The zero-order valence-electron chi connectivity index (χ0n) is 13.7. The summed E-state index contributed by atoms with van der Waals surface area (Å²) in [6, 6.07) is 0.398. The van der Waals surface area contributed by atoms with Crippen LogP contribution < -0.4 is 10.6 Å². The molecule has 0 aromatic rings. The van der Waals surface area contributed by atoms with E-state index in [9.17, 15) is 13.2 Å². The van der Waals surface area contributed by atoms with Crippen molar-refractivity contribution in [3.05, 3.63) is 0 Å². The topological polar surface area (TPSA) is 39.7 Å². The molecule has 1 heterocycles. The molecule has 0 aliphatic carbocycles. The Morgan fingerprint density at radius 3 is 2.45 bits per heavy atom. The molecule has 0 unspecified atom stereocenters. The van der Waals surface area contributed by atoms with Crippen LogP contribution in [0, 0.1) is 0 Å². The normalized spacial score (nSPS) is 18.5. The Bertz CT molecular complexity index is 323. The molecule has 0 radical (unpaired) electrons. The van der Waals surface area contributed by atoms with Crippen LogP contribution in [-0.4, -0.2) is 56.3 Å². The van der Waals surface area contributed by atoms with Crippen molar-refractivity contribution in [3.63, 3.8) is 0 Å². The van der Waals surface area contributed by atoms with Crippen molar-refractivity contribution >= 4 is 5.96 Å².